The van der Waals surface area contributed by atoms with E-state index in [1.807, 2.05) is 13.0 Å². The molecule has 6 heteroatoms. The minimum Gasteiger partial charge on any atom is -0.377 e. The lowest BCUT2D eigenvalue weighted by Crippen LogP contribution is -2.39. The number of hydrogen-bond acceptors (Lipinski definition) is 4. The number of anilines is 2. The quantitative estimate of drug-likeness (QED) is 0.899. The smallest absolute Gasteiger partial charge is 0.245 e. The highest BCUT2D eigenvalue weighted by Gasteiger charge is 2.30. The lowest BCUT2D eigenvalue weighted by molar-refractivity contribution is -0.116. The molecule has 114 valence electrons. The number of hydrogen-bond donors (Lipinski definition) is 2. The van der Waals surface area contributed by atoms with E-state index in [0.717, 1.165) is 49.5 Å². The van der Waals surface area contributed by atoms with Gasteiger partial charge in [0.25, 0.3) is 0 Å². The van der Waals surface area contributed by atoms with Crippen LogP contribution in [-0.2, 0) is 9.53 Å². The van der Waals surface area contributed by atoms with Crippen molar-refractivity contribution in [2.45, 2.75) is 31.9 Å². The number of piperidine rings is 1. The number of carbonyl (C=O) groups is 1. The summed E-state index contributed by atoms with van der Waals surface area (Å²) in [6, 6.07) is 3.11. The van der Waals surface area contributed by atoms with Gasteiger partial charge in [-0.15, -0.1) is 0 Å². The molecule has 1 aromatic carbocycles. The molecule has 0 aromatic heterocycles. The van der Waals surface area contributed by atoms with Crippen LogP contribution in [0.2, 0.25) is 5.02 Å². The van der Waals surface area contributed by atoms with Gasteiger partial charge in [0.15, 0.2) is 0 Å². The Morgan fingerprint density at radius 1 is 1.52 bits per heavy atom. The second-order valence-corrected chi connectivity index (χ2v) is 5.93. The van der Waals surface area contributed by atoms with Crippen molar-refractivity contribution in [1.29, 1.82) is 0 Å². The molecule has 2 unspecified atom stereocenters. The highest BCUT2D eigenvalue weighted by molar-refractivity contribution is 6.33. The summed E-state index contributed by atoms with van der Waals surface area (Å²) in [5, 5.41) is 3.45. The third-order valence-electron chi connectivity index (χ3n) is 4.12. The van der Waals surface area contributed by atoms with Gasteiger partial charge in [-0.05, 0) is 31.9 Å². The van der Waals surface area contributed by atoms with Crippen molar-refractivity contribution < 1.29 is 9.53 Å². The molecule has 2 aliphatic rings. The van der Waals surface area contributed by atoms with Gasteiger partial charge in [-0.1, -0.05) is 11.6 Å². The maximum absolute atomic E-state index is 11.7. The van der Waals surface area contributed by atoms with Crippen molar-refractivity contribution in [1.82, 2.24) is 0 Å². The molecule has 3 rings (SSSR count). The molecule has 0 radical (unpaired) electrons. The maximum Gasteiger partial charge on any atom is 0.245 e. The topological polar surface area (TPSA) is 67.6 Å². The number of halogens is 1. The lowest BCUT2D eigenvalue weighted by atomic mass is 10.0. The first-order chi connectivity index (χ1) is 10.1. The van der Waals surface area contributed by atoms with Crippen molar-refractivity contribution in [3.05, 3.63) is 22.7 Å². The van der Waals surface area contributed by atoms with E-state index in [4.69, 9.17) is 22.1 Å². The SMILES string of the molecule is CCOC1CCCN(c2cc3c(cc2Cl)C(N)C(=O)N3)C1. The molecule has 1 saturated heterocycles. The van der Waals surface area contributed by atoms with Crippen LogP contribution in [0.5, 0.6) is 0 Å². The van der Waals surface area contributed by atoms with Gasteiger partial charge >= 0.3 is 0 Å². The van der Waals surface area contributed by atoms with E-state index in [-0.39, 0.29) is 12.0 Å². The zero-order valence-electron chi connectivity index (χ0n) is 12.1. The normalized spacial score (nSPS) is 24.9. The summed E-state index contributed by atoms with van der Waals surface area (Å²) in [5.74, 6) is -0.177. The highest BCUT2D eigenvalue weighted by Crippen LogP contribution is 2.38. The van der Waals surface area contributed by atoms with E-state index < -0.39 is 6.04 Å². The van der Waals surface area contributed by atoms with Crippen molar-refractivity contribution in [3.63, 3.8) is 0 Å². The fourth-order valence-corrected chi connectivity index (χ4v) is 3.36. The monoisotopic (exact) mass is 309 g/mol. The van der Waals surface area contributed by atoms with E-state index in [1.165, 1.54) is 0 Å². The summed E-state index contributed by atoms with van der Waals surface area (Å²) in [6.45, 7) is 4.51. The van der Waals surface area contributed by atoms with Gasteiger partial charge in [0, 0.05) is 30.9 Å². The Hall–Kier alpha value is -1.30. The third-order valence-corrected chi connectivity index (χ3v) is 4.42. The fraction of sp³-hybridized carbons (Fsp3) is 0.533. The molecule has 0 aliphatic carbocycles. The minimum atomic E-state index is -0.621. The number of nitrogens with one attached hydrogen (secondary N) is 1. The van der Waals surface area contributed by atoms with Gasteiger partial charge in [0.2, 0.25) is 5.91 Å². The number of carbonyl (C=O) groups excluding carboxylic acids is 1. The first-order valence-corrected chi connectivity index (χ1v) is 7.74. The Kier molecular flexibility index (Phi) is 4.06. The molecule has 3 N–H and O–H groups in total. The molecule has 1 amide bonds. The highest BCUT2D eigenvalue weighted by atomic mass is 35.5. The van der Waals surface area contributed by atoms with Crippen LogP contribution in [0.25, 0.3) is 0 Å². The van der Waals surface area contributed by atoms with E-state index in [0.29, 0.717) is 5.02 Å². The molecule has 1 fully saturated rings. The molecule has 5 nitrogen and oxygen atoms in total. The summed E-state index contributed by atoms with van der Waals surface area (Å²) in [6.07, 6.45) is 2.39. The van der Waals surface area contributed by atoms with Gasteiger partial charge in [0.1, 0.15) is 6.04 Å². The van der Waals surface area contributed by atoms with Crippen molar-refractivity contribution in [2.75, 3.05) is 29.9 Å². The number of rotatable bonds is 3. The van der Waals surface area contributed by atoms with Crippen molar-refractivity contribution in [2.24, 2.45) is 5.73 Å². The molecule has 0 saturated carbocycles. The van der Waals surface area contributed by atoms with Gasteiger partial charge in [-0.25, -0.2) is 0 Å². The van der Waals surface area contributed by atoms with Crippen LogP contribution in [-0.4, -0.2) is 31.7 Å². The summed E-state index contributed by atoms with van der Waals surface area (Å²) in [4.78, 5) is 13.9. The van der Waals surface area contributed by atoms with Crippen LogP contribution in [0.3, 0.4) is 0 Å². The molecule has 0 spiro atoms. The number of fused-ring (bicyclic) bond motifs is 1. The third kappa shape index (κ3) is 2.73. The fourth-order valence-electron chi connectivity index (χ4n) is 3.07. The summed E-state index contributed by atoms with van der Waals surface area (Å²) >= 11 is 6.40. The zero-order valence-corrected chi connectivity index (χ0v) is 12.8. The number of amides is 1. The first kappa shape index (κ1) is 14.6. The van der Waals surface area contributed by atoms with Gasteiger partial charge in [0.05, 0.1) is 16.8 Å². The molecule has 21 heavy (non-hydrogen) atoms. The Morgan fingerprint density at radius 2 is 2.33 bits per heavy atom. The average molecular weight is 310 g/mol. The van der Waals surface area contributed by atoms with E-state index in [1.54, 1.807) is 6.07 Å². The van der Waals surface area contributed by atoms with Crippen LogP contribution in [0, 0.1) is 0 Å². The van der Waals surface area contributed by atoms with Crippen LogP contribution in [0.4, 0.5) is 11.4 Å². The Balaban J connectivity index is 1.86. The maximum atomic E-state index is 11.7. The molecular formula is C15H20ClN3O2. The van der Waals surface area contributed by atoms with Crippen molar-refractivity contribution in [3.8, 4) is 0 Å². The van der Waals surface area contributed by atoms with E-state index >= 15 is 0 Å². The zero-order chi connectivity index (χ0) is 15.0. The molecule has 0 bridgehead atoms. The standard InChI is InChI=1S/C15H20ClN3O2/c1-2-21-9-4-3-5-19(8-9)13-7-12-10(6-11(13)16)14(17)15(20)18-12/h6-7,9,14H,2-5,8,17H2,1H3,(H,18,20). The van der Waals surface area contributed by atoms with Gasteiger partial charge in [-0.2, -0.15) is 0 Å². The molecular weight excluding hydrogens is 290 g/mol. The number of nitrogens with zero attached hydrogens (tertiary/aromatic N) is 1. The lowest BCUT2D eigenvalue weighted by Gasteiger charge is -2.34. The Bertz CT molecular complexity index is 562. The molecule has 2 aliphatic heterocycles. The van der Waals surface area contributed by atoms with Gasteiger partial charge in [-0.3, -0.25) is 4.79 Å². The second kappa shape index (κ2) is 5.83. The molecule has 2 heterocycles. The molecule has 1 aromatic rings. The number of nitrogens with two attached hydrogens (primary N) is 1. The predicted molar refractivity (Wildman–Crippen MR) is 83.9 cm³/mol. The molecule has 2 atom stereocenters. The van der Waals surface area contributed by atoms with E-state index in [9.17, 15) is 4.79 Å². The van der Waals surface area contributed by atoms with Crippen LogP contribution >= 0.6 is 11.6 Å². The van der Waals surface area contributed by atoms with Gasteiger partial charge < -0.3 is 20.7 Å². The van der Waals surface area contributed by atoms with Crippen LogP contribution in [0.1, 0.15) is 31.4 Å². The van der Waals surface area contributed by atoms with E-state index in [2.05, 4.69) is 10.2 Å². The van der Waals surface area contributed by atoms with Crippen LogP contribution in [0.15, 0.2) is 12.1 Å². The average Bonchev–Trinajstić information content (AvgIpc) is 2.74. The second-order valence-electron chi connectivity index (χ2n) is 5.52. The Labute approximate surface area is 129 Å². The Morgan fingerprint density at radius 3 is 3.10 bits per heavy atom. The number of ether oxygens (including phenoxy) is 1. The largest absolute Gasteiger partial charge is 0.377 e. The summed E-state index contributed by atoms with van der Waals surface area (Å²) < 4.78 is 5.73. The van der Waals surface area contributed by atoms with Crippen molar-refractivity contribution >= 4 is 28.9 Å². The summed E-state index contributed by atoms with van der Waals surface area (Å²) in [5.41, 5.74) is 8.32. The first-order valence-electron chi connectivity index (χ1n) is 7.36. The van der Waals surface area contributed by atoms with Crippen LogP contribution < -0.4 is 16.0 Å². The number of benzene rings is 1. The predicted octanol–water partition coefficient (Wildman–Crippen LogP) is 2.30. The minimum absolute atomic E-state index is 0.177. The summed E-state index contributed by atoms with van der Waals surface area (Å²) in [7, 11) is 0.